The molecule has 0 radical (unpaired) electrons. The van der Waals surface area contributed by atoms with Gasteiger partial charge in [-0.2, -0.15) is 11.8 Å². The Morgan fingerprint density at radius 3 is 2.82 bits per heavy atom. The summed E-state index contributed by atoms with van der Waals surface area (Å²) in [5.41, 5.74) is 0.766. The molecule has 1 heterocycles. The van der Waals surface area contributed by atoms with Crippen LogP contribution in [0.15, 0.2) is 12.3 Å². The topological polar surface area (TPSA) is 68.7 Å². The van der Waals surface area contributed by atoms with Crippen LogP contribution in [0.4, 0.5) is 0 Å². The molecule has 0 unspecified atom stereocenters. The van der Waals surface area contributed by atoms with Crippen molar-refractivity contribution in [3.05, 3.63) is 18.0 Å². The normalized spacial score (nSPS) is 10.0. The van der Waals surface area contributed by atoms with E-state index in [1.54, 1.807) is 26.5 Å². The number of nitrogens with zero attached hydrogens (tertiary/aromatic N) is 1. The van der Waals surface area contributed by atoms with Crippen LogP contribution in [0, 0.1) is 0 Å². The maximum atomic E-state index is 10.4. The first-order chi connectivity index (χ1) is 8.19. The van der Waals surface area contributed by atoms with Crippen molar-refractivity contribution in [2.45, 2.75) is 12.2 Å². The van der Waals surface area contributed by atoms with Gasteiger partial charge in [0.2, 0.25) is 0 Å². The zero-order valence-corrected chi connectivity index (χ0v) is 10.6. The Bertz CT molecular complexity index is 384. The standard InChI is InChI=1S/C11H15NO4S/c1-15-9-3-5-12-8(11(9)16-2)7-17-6-4-10(13)14/h3,5H,4,6-7H2,1-2H3,(H,13,14). The molecule has 0 spiro atoms. The minimum Gasteiger partial charge on any atom is -0.493 e. The highest BCUT2D eigenvalue weighted by molar-refractivity contribution is 7.98. The number of carboxylic acid groups (broad SMARTS) is 1. The average Bonchev–Trinajstić information content (AvgIpc) is 2.33. The van der Waals surface area contributed by atoms with Gasteiger partial charge >= 0.3 is 5.97 Å². The van der Waals surface area contributed by atoms with Crippen LogP contribution in [0.3, 0.4) is 0 Å². The number of aromatic nitrogens is 1. The molecule has 6 heteroatoms. The molecule has 0 saturated heterocycles. The van der Waals surface area contributed by atoms with E-state index in [-0.39, 0.29) is 6.42 Å². The highest BCUT2D eigenvalue weighted by Crippen LogP contribution is 2.31. The summed E-state index contributed by atoms with van der Waals surface area (Å²) in [5.74, 6) is 1.61. The Morgan fingerprint density at radius 1 is 1.47 bits per heavy atom. The van der Waals surface area contributed by atoms with Gasteiger partial charge < -0.3 is 14.6 Å². The fourth-order valence-electron chi connectivity index (χ4n) is 1.28. The monoisotopic (exact) mass is 257 g/mol. The van der Waals surface area contributed by atoms with E-state index in [2.05, 4.69) is 4.98 Å². The maximum absolute atomic E-state index is 10.4. The largest absolute Gasteiger partial charge is 0.493 e. The van der Waals surface area contributed by atoms with E-state index in [1.165, 1.54) is 11.8 Å². The third-order valence-corrected chi connectivity index (χ3v) is 3.04. The van der Waals surface area contributed by atoms with E-state index in [1.807, 2.05) is 0 Å². The quantitative estimate of drug-likeness (QED) is 0.751. The van der Waals surface area contributed by atoms with Crippen molar-refractivity contribution in [3.8, 4) is 11.5 Å². The summed E-state index contributed by atoms with van der Waals surface area (Å²) in [4.78, 5) is 14.6. The summed E-state index contributed by atoms with van der Waals surface area (Å²) in [6.45, 7) is 0. The number of rotatable bonds is 7. The number of thioether (sulfide) groups is 1. The Morgan fingerprint density at radius 2 is 2.24 bits per heavy atom. The van der Waals surface area contributed by atoms with Crippen molar-refractivity contribution in [1.82, 2.24) is 4.98 Å². The van der Waals surface area contributed by atoms with Crippen molar-refractivity contribution in [2.24, 2.45) is 0 Å². The first-order valence-corrected chi connectivity index (χ1v) is 6.20. The molecule has 1 N–H and O–H groups in total. The first-order valence-electron chi connectivity index (χ1n) is 5.04. The van der Waals surface area contributed by atoms with Gasteiger partial charge in [-0.1, -0.05) is 0 Å². The molecule has 0 fully saturated rings. The number of carboxylic acids is 1. The summed E-state index contributed by atoms with van der Waals surface area (Å²) in [6, 6.07) is 1.73. The molecule has 0 amide bonds. The predicted molar refractivity (Wildman–Crippen MR) is 65.8 cm³/mol. The van der Waals surface area contributed by atoms with E-state index in [4.69, 9.17) is 14.6 Å². The zero-order valence-electron chi connectivity index (χ0n) is 9.80. The summed E-state index contributed by atoms with van der Waals surface area (Å²) in [6.07, 6.45) is 1.80. The van der Waals surface area contributed by atoms with Crippen LogP contribution in [-0.2, 0) is 10.5 Å². The molecule has 0 aromatic carbocycles. The molecule has 17 heavy (non-hydrogen) atoms. The highest BCUT2D eigenvalue weighted by atomic mass is 32.2. The number of aliphatic carboxylic acids is 1. The minimum absolute atomic E-state index is 0.150. The van der Waals surface area contributed by atoms with Crippen molar-refractivity contribution in [1.29, 1.82) is 0 Å². The fourth-order valence-corrected chi connectivity index (χ4v) is 2.14. The lowest BCUT2D eigenvalue weighted by molar-refractivity contribution is -0.136. The van der Waals surface area contributed by atoms with Gasteiger partial charge in [-0.15, -0.1) is 0 Å². The van der Waals surface area contributed by atoms with Crippen LogP contribution in [0.1, 0.15) is 12.1 Å². The second-order valence-corrected chi connectivity index (χ2v) is 4.29. The van der Waals surface area contributed by atoms with E-state index in [0.29, 0.717) is 23.0 Å². The van der Waals surface area contributed by atoms with Gasteiger partial charge in [-0.3, -0.25) is 9.78 Å². The van der Waals surface area contributed by atoms with Crippen molar-refractivity contribution in [2.75, 3.05) is 20.0 Å². The number of methoxy groups -OCH3 is 2. The Hall–Kier alpha value is -1.43. The molecular weight excluding hydrogens is 242 g/mol. The summed E-state index contributed by atoms with van der Waals surface area (Å²) >= 11 is 1.50. The van der Waals surface area contributed by atoms with Gasteiger partial charge in [0.05, 0.1) is 26.3 Å². The van der Waals surface area contributed by atoms with Crippen molar-refractivity contribution >= 4 is 17.7 Å². The second kappa shape index (κ2) is 7.01. The van der Waals surface area contributed by atoms with Gasteiger partial charge in [-0.05, 0) is 0 Å². The highest BCUT2D eigenvalue weighted by Gasteiger charge is 2.10. The van der Waals surface area contributed by atoms with Gasteiger partial charge in [0, 0.05) is 23.8 Å². The van der Waals surface area contributed by atoms with Gasteiger partial charge in [-0.25, -0.2) is 0 Å². The molecule has 94 valence electrons. The van der Waals surface area contributed by atoms with E-state index in [9.17, 15) is 4.79 Å². The molecule has 0 aliphatic rings. The van der Waals surface area contributed by atoms with E-state index >= 15 is 0 Å². The average molecular weight is 257 g/mol. The van der Waals surface area contributed by atoms with Crippen LogP contribution in [0.5, 0.6) is 11.5 Å². The lowest BCUT2D eigenvalue weighted by Crippen LogP contribution is -1.99. The smallest absolute Gasteiger partial charge is 0.304 e. The molecule has 0 aliphatic carbocycles. The summed E-state index contributed by atoms with van der Waals surface area (Å²) in [5, 5.41) is 8.52. The SMILES string of the molecule is COc1ccnc(CSCCC(=O)O)c1OC. The van der Waals surface area contributed by atoms with Gasteiger partial charge in [0.25, 0.3) is 0 Å². The molecule has 0 saturated carbocycles. The molecule has 0 aliphatic heterocycles. The summed E-state index contributed by atoms with van der Waals surface area (Å²) < 4.78 is 10.4. The van der Waals surface area contributed by atoms with Crippen LogP contribution >= 0.6 is 11.8 Å². The first kappa shape index (κ1) is 13.6. The number of ether oxygens (including phenoxy) is 2. The van der Waals surface area contributed by atoms with Gasteiger partial charge in [0.15, 0.2) is 11.5 Å². The van der Waals surface area contributed by atoms with Crippen molar-refractivity contribution < 1.29 is 19.4 Å². The number of hydrogen-bond donors (Lipinski definition) is 1. The Labute approximate surface area is 104 Å². The predicted octanol–water partition coefficient (Wildman–Crippen LogP) is 1.81. The van der Waals surface area contributed by atoms with Crippen molar-refractivity contribution in [3.63, 3.8) is 0 Å². The Balaban J connectivity index is 2.60. The van der Waals surface area contributed by atoms with Crippen LogP contribution in [0.2, 0.25) is 0 Å². The zero-order chi connectivity index (χ0) is 12.7. The molecule has 1 aromatic rings. The number of pyridine rings is 1. The van der Waals surface area contributed by atoms with Gasteiger partial charge in [0.1, 0.15) is 0 Å². The fraction of sp³-hybridized carbons (Fsp3) is 0.455. The minimum atomic E-state index is -0.789. The molecular formula is C11H15NO4S. The third-order valence-electron chi connectivity index (χ3n) is 2.07. The van der Waals surface area contributed by atoms with Crippen LogP contribution < -0.4 is 9.47 Å². The van der Waals surface area contributed by atoms with E-state index in [0.717, 1.165) is 5.69 Å². The number of hydrogen-bond acceptors (Lipinski definition) is 5. The second-order valence-electron chi connectivity index (χ2n) is 3.19. The molecule has 0 atom stereocenters. The maximum Gasteiger partial charge on any atom is 0.304 e. The Kier molecular flexibility index (Phi) is 5.62. The molecule has 0 bridgehead atoms. The molecule has 5 nitrogen and oxygen atoms in total. The lowest BCUT2D eigenvalue weighted by atomic mass is 10.3. The number of carbonyl (C=O) groups is 1. The van der Waals surface area contributed by atoms with Crippen LogP contribution in [-0.4, -0.2) is 36.0 Å². The molecule has 1 aromatic heterocycles. The lowest BCUT2D eigenvalue weighted by Gasteiger charge is -2.10. The van der Waals surface area contributed by atoms with E-state index < -0.39 is 5.97 Å². The third kappa shape index (κ3) is 4.14. The summed E-state index contributed by atoms with van der Waals surface area (Å²) in [7, 11) is 3.13. The molecule has 1 rings (SSSR count). The van der Waals surface area contributed by atoms with Crippen LogP contribution in [0.25, 0.3) is 0 Å².